The van der Waals surface area contributed by atoms with E-state index in [2.05, 4.69) is 244 Å². The summed E-state index contributed by atoms with van der Waals surface area (Å²) in [6, 6.07) is 63.2. The molecule has 0 heterocycles. The molecule has 2 aliphatic rings. The van der Waals surface area contributed by atoms with Crippen molar-refractivity contribution >= 4 is 81.4 Å². The van der Waals surface area contributed by atoms with Gasteiger partial charge in [0.1, 0.15) is 0 Å². The van der Waals surface area contributed by atoms with Crippen LogP contribution in [0.15, 0.2) is 181 Å². The lowest BCUT2D eigenvalue weighted by Gasteiger charge is -2.34. The number of aryl methyl sites for hydroxylation is 2. The van der Waals surface area contributed by atoms with Crippen LogP contribution in [0.2, 0.25) is 0 Å². The second kappa shape index (κ2) is 21.5. The first kappa shape index (κ1) is 46.3. The molecular formula is C68H66N2. The van der Waals surface area contributed by atoms with Crippen molar-refractivity contribution in [2.45, 2.75) is 91.9 Å². The minimum atomic E-state index is 1.13. The Morgan fingerprint density at radius 3 is 0.871 bits per heavy atom. The molecule has 0 amide bonds. The Labute approximate surface area is 417 Å². The fourth-order valence-electron chi connectivity index (χ4n) is 10.5. The summed E-state index contributed by atoms with van der Waals surface area (Å²) in [5.74, 6) is 0. The lowest BCUT2D eigenvalue weighted by molar-refractivity contribution is 0.602. The molecule has 0 aromatic heterocycles. The Morgan fingerprint density at radius 1 is 0.300 bits per heavy atom. The van der Waals surface area contributed by atoms with Crippen LogP contribution in [0.4, 0.5) is 34.1 Å². The Hall–Kier alpha value is -7.42. The number of nitrogens with zero attached hydrogens (tertiary/aromatic N) is 2. The number of hydrogen-bond acceptors (Lipinski definition) is 2. The van der Waals surface area contributed by atoms with Crippen LogP contribution in [-0.2, 0) is 0 Å². The predicted molar refractivity (Wildman–Crippen MR) is 305 cm³/mol. The summed E-state index contributed by atoms with van der Waals surface area (Å²) in [5.41, 5.74) is 22.4. The normalized spacial score (nSPS) is 14.1. The summed E-state index contributed by atoms with van der Waals surface area (Å²) in [6.45, 7) is 8.92. The lowest BCUT2D eigenvalue weighted by atomic mass is 9.93. The zero-order valence-corrected chi connectivity index (χ0v) is 41.6. The van der Waals surface area contributed by atoms with E-state index in [1.807, 2.05) is 0 Å². The summed E-state index contributed by atoms with van der Waals surface area (Å²) < 4.78 is 0. The van der Waals surface area contributed by atoms with Gasteiger partial charge in [0.15, 0.2) is 0 Å². The fourth-order valence-corrected chi connectivity index (χ4v) is 10.5. The van der Waals surface area contributed by atoms with Gasteiger partial charge in [-0.3, -0.25) is 0 Å². The molecular weight excluding hydrogens is 845 g/mol. The number of allylic oxidation sites excluding steroid dienone is 2. The predicted octanol–water partition coefficient (Wildman–Crippen LogP) is 20.0. The van der Waals surface area contributed by atoms with Crippen LogP contribution in [0.3, 0.4) is 0 Å². The first-order chi connectivity index (χ1) is 34.3. The molecule has 2 heteroatoms. The first-order valence-corrected chi connectivity index (χ1v) is 25.7. The monoisotopic (exact) mass is 911 g/mol. The van der Waals surface area contributed by atoms with E-state index < -0.39 is 0 Å². The molecule has 0 unspecified atom stereocenters. The molecule has 10 rings (SSSR count). The third-order valence-corrected chi connectivity index (χ3v) is 14.6. The van der Waals surface area contributed by atoms with Crippen molar-refractivity contribution in [3.05, 3.63) is 237 Å². The molecule has 2 saturated carbocycles. The standard InChI is InChI=1S/C68H66N2/c1-49-19-23-53(24-20-49)27-29-55-31-39-61(40-32-55)69(63-43-35-59(36-44-63)47-57-13-7-5-8-14-57)67-51(3)52(4)68(66-18-12-11-17-65(66)67)70(64-45-37-60(38-46-64)48-58-15-9-6-10-16-58)62-41-33-56(34-42-62)30-28-54-25-21-50(2)22-26-54/h11-12,17-48H,5-10,13-16H2,1-4H3. The number of hydrogen-bond donors (Lipinski definition) is 0. The number of benzene rings is 8. The summed E-state index contributed by atoms with van der Waals surface area (Å²) in [5, 5.41) is 2.41. The van der Waals surface area contributed by atoms with Crippen molar-refractivity contribution in [2.75, 3.05) is 9.80 Å². The lowest BCUT2D eigenvalue weighted by Crippen LogP contribution is -2.16. The van der Waals surface area contributed by atoms with Gasteiger partial charge in [0.25, 0.3) is 0 Å². The second-order valence-electron chi connectivity index (χ2n) is 19.7. The van der Waals surface area contributed by atoms with Crippen LogP contribution in [0.25, 0.3) is 47.2 Å². The summed E-state index contributed by atoms with van der Waals surface area (Å²) in [7, 11) is 0. The van der Waals surface area contributed by atoms with Crippen LogP contribution in [0.1, 0.15) is 120 Å². The summed E-state index contributed by atoms with van der Waals surface area (Å²) >= 11 is 0. The number of rotatable bonds is 12. The van der Waals surface area contributed by atoms with E-state index in [-0.39, 0.29) is 0 Å². The molecule has 0 spiro atoms. The molecule has 348 valence electrons. The van der Waals surface area contributed by atoms with Gasteiger partial charge in [0.2, 0.25) is 0 Å². The Kier molecular flexibility index (Phi) is 14.2. The minimum absolute atomic E-state index is 1.13. The van der Waals surface area contributed by atoms with E-state index in [9.17, 15) is 0 Å². The Balaban J connectivity index is 1.09. The van der Waals surface area contributed by atoms with E-state index in [0.717, 1.165) is 22.7 Å². The van der Waals surface area contributed by atoms with E-state index in [4.69, 9.17) is 0 Å². The van der Waals surface area contributed by atoms with Gasteiger partial charge in [0, 0.05) is 33.5 Å². The van der Waals surface area contributed by atoms with Gasteiger partial charge >= 0.3 is 0 Å². The highest BCUT2D eigenvalue weighted by molar-refractivity contribution is 6.10. The molecule has 0 N–H and O–H groups in total. The van der Waals surface area contributed by atoms with Crippen LogP contribution < -0.4 is 9.80 Å². The third-order valence-electron chi connectivity index (χ3n) is 14.6. The summed E-state index contributed by atoms with van der Waals surface area (Å²) in [6.07, 6.45) is 26.4. The number of fused-ring (bicyclic) bond motifs is 1. The molecule has 2 fully saturated rings. The average molecular weight is 911 g/mol. The zero-order valence-electron chi connectivity index (χ0n) is 41.6. The molecule has 2 nitrogen and oxygen atoms in total. The van der Waals surface area contributed by atoms with Crippen LogP contribution in [-0.4, -0.2) is 0 Å². The van der Waals surface area contributed by atoms with Gasteiger partial charge in [-0.1, -0.05) is 193 Å². The first-order valence-electron chi connectivity index (χ1n) is 25.7. The van der Waals surface area contributed by atoms with Crippen LogP contribution in [0, 0.1) is 27.7 Å². The molecule has 70 heavy (non-hydrogen) atoms. The van der Waals surface area contributed by atoms with Gasteiger partial charge in [-0.2, -0.15) is 0 Å². The molecule has 0 saturated heterocycles. The average Bonchev–Trinajstić information content (AvgIpc) is 3.40. The van der Waals surface area contributed by atoms with E-state index in [1.165, 1.54) is 142 Å². The maximum absolute atomic E-state index is 2.49. The molecule has 0 atom stereocenters. The van der Waals surface area contributed by atoms with Crippen LogP contribution in [0.5, 0.6) is 0 Å². The number of anilines is 6. The smallest absolute Gasteiger partial charge is 0.0573 e. The van der Waals surface area contributed by atoms with Crippen molar-refractivity contribution in [1.29, 1.82) is 0 Å². The van der Waals surface area contributed by atoms with Crippen molar-refractivity contribution in [2.24, 2.45) is 0 Å². The van der Waals surface area contributed by atoms with E-state index in [1.54, 1.807) is 11.1 Å². The van der Waals surface area contributed by atoms with Gasteiger partial charge in [-0.25, -0.2) is 0 Å². The van der Waals surface area contributed by atoms with Gasteiger partial charge in [-0.15, -0.1) is 0 Å². The van der Waals surface area contributed by atoms with Gasteiger partial charge < -0.3 is 9.80 Å². The highest BCUT2D eigenvalue weighted by Gasteiger charge is 2.26. The minimum Gasteiger partial charge on any atom is -0.310 e. The Morgan fingerprint density at radius 2 is 0.571 bits per heavy atom. The highest BCUT2D eigenvalue weighted by atomic mass is 15.2. The largest absolute Gasteiger partial charge is 0.310 e. The molecule has 8 aromatic rings. The van der Waals surface area contributed by atoms with Gasteiger partial charge in [-0.05, 0) is 172 Å². The van der Waals surface area contributed by atoms with Crippen molar-refractivity contribution in [3.8, 4) is 0 Å². The molecule has 0 aliphatic heterocycles. The maximum atomic E-state index is 2.49. The van der Waals surface area contributed by atoms with Crippen molar-refractivity contribution in [3.63, 3.8) is 0 Å². The third kappa shape index (κ3) is 10.7. The van der Waals surface area contributed by atoms with Crippen LogP contribution >= 0.6 is 0 Å². The maximum Gasteiger partial charge on any atom is 0.0573 e. The second-order valence-corrected chi connectivity index (χ2v) is 19.7. The van der Waals surface area contributed by atoms with Crippen molar-refractivity contribution in [1.82, 2.24) is 0 Å². The fraction of sp³-hybridized carbons (Fsp3) is 0.206. The highest BCUT2D eigenvalue weighted by Crippen LogP contribution is 2.49. The quantitative estimate of drug-likeness (QED) is 0.113. The Bertz CT molecular complexity index is 2950. The molecule has 8 aromatic carbocycles. The van der Waals surface area contributed by atoms with Gasteiger partial charge in [0.05, 0.1) is 11.4 Å². The van der Waals surface area contributed by atoms with E-state index in [0.29, 0.717) is 0 Å². The molecule has 0 radical (unpaired) electrons. The zero-order chi connectivity index (χ0) is 47.8. The SMILES string of the molecule is Cc1ccc(C=Cc2ccc(N(c3ccc(C=C4CCCCC4)cc3)c3c(C)c(C)c(N(c4ccc(C=Cc5ccc(C)cc5)cc4)c4ccc(C=C5CCCCC5)cc4)c4ccccc34)cc2)cc1. The molecule has 0 bridgehead atoms. The van der Waals surface area contributed by atoms with E-state index >= 15 is 0 Å². The summed E-state index contributed by atoms with van der Waals surface area (Å²) in [4.78, 5) is 4.99. The molecule has 2 aliphatic carbocycles. The van der Waals surface area contributed by atoms with Crippen molar-refractivity contribution < 1.29 is 0 Å². The topological polar surface area (TPSA) is 6.48 Å².